The smallest absolute Gasteiger partial charge is 0.361 e. The zero-order valence-electron chi connectivity index (χ0n) is 16.8. The Morgan fingerprint density at radius 3 is 2.31 bits per heavy atom. The summed E-state index contributed by atoms with van der Waals surface area (Å²) >= 11 is 6.01. The molecule has 3 aromatic rings. The van der Waals surface area contributed by atoms with E-state index in [-0.39, 0.29) is 12.2 Å². The summed E-state index contributed by atoms with van der Waals surface area (Å²) in [6.07, 6.45) is 2.61. The minimum absolute atomic E-state index is 0.224. The molecule has 0 spiro atoms. The summed E-state index contributed by atoms with van der Waals surface area (Å²) < 4.78 is 32.0. The molecule has 0 N–H and O–H groups in total. The minimum atomic E-state index is -3.40. The first-order chi connectivity index (χ1) is 13.8. The number of rotatable bonds is 9. The third kappa shape index (κ3) is 5.34. The highest BCUT2D eigenvalue weighted by molar-refractivity contribution is 7.62. The van der Waals surface area contributed by atoms with Crippen LogP contribution in [-0.2, 0) is 20.2 Å². The highest BCUT2D eigenvalue weighted by atomic mass is 35.5. The SMILES string of the molecule is CC(C)OP(=O)(OC(C)C)c1ccc(OCCn2cnc3c(Cl)ncnc32)cc1. The molecule has 0 aliphatic rings. The number of aromatic nitrogens is 4. The molecule has 0 unspecified atom stereocenters. The Balaban J connectivity index is 1.65. The number of nitrogens with zero attached hydrogens (tertiary/aromatic N) is 4. The van der Waals surface area contributed by atoms with Crippen LogP contribution in [0.4, 0.5) is 0 Å². The van der Waals surface area contributed by atoms with Crippen LogP contribution in [0.25, 0.3) is 11.2 Å². The molecular formula is C19H24ClN4O4P. The fourth-order valence-corrected chi connectivity index (χ4v) is 4.80. The van der Waals surface area contributed by atoms with Gasteiger partial charge in [0, 0.05) is 0 Å². The van der Waals surface area contributed by atoms with Crippen molar-refractivity contribution in [1.29, 1.82) is 0 Å². The molecule has 29 heavy (non-hydrogen) atoms. The number of hydrogen-bond donors (Lipinski definition) is 0. The van der Waals surface area contributed by atoms with Crippen molar-refractivity contribution in [3.63, 3.8) is 0 Å². The second kappa shape index (κ2) is 9.22. The molecule has 2 aromatic heterocycles. The number of fused-ring (bicyclic) bond motifs is 1. The molecule has 2 heterocycles. The maximum Gasteiger partial charge on any atom is 0.361 e. The van der Waals surface area contributed by atoms with Crippen LogP contribution in [0.3, 0.4) is 0 Å². The number of benzene rings is 1. The Bertz CT molecular complexity index is 993. The van der Waals surface area contributed by atoms with E-state index >= 15 is 0 Å². The summed E-state index contributed by atoms with van der Waals surface area (Å²) in [5.41, 5.74) is 1.21. The maximum absolute atomic E-state index is 13.2. The lowest BCUT2D eigenvalue weighted by atomic mass is 10.3. The van der Waals surface area contributed by atoms with Crippen molar-refractivity contribution < 1.29 is 18.3 Å². The zero-order valence-corrected chi connectivity index (χ0v) is 18.4. The van der Waals surface area contributed by atoms with E-state index in [0.29, 0.717) is 40.5 Å². The van der Waals surface area contributed by atoms with Gasteiger partial charge >= 0.3 is 7.60 Å². The number of hydrogen-bond acceptors (Lipinski definition) is 7. The summed E-state index contributed by atoms with van der Waals surface area (Å²) in [5, 5.41) is 0.820. The molecule has 0 bridgehead atoms. The van der Waals surface area contributed by atoms with Crippen LogP contribution in [0.5, 0.6) is 5.75 Å². The van der Waals surface area contributed by atoms with Crippen molar-refractivity contribution in [3.05, 3.63) is 42.1 Å². The van der Waals surface area contributed by atoms with Gasteiger partial charge in [0.25, 0.3) is 0 Å². The molecule has 0 fully saturated rings. The van der Waals surface area contributed by atoms with E-state index < -0.39 is 7.60 Å². The lowest BCUT2D eigenvalue weighted by Crippen LogP contribution is -2.17. The van der Waals surface area contributed by atoms with E-state index in [1.807, 2.05) is 32.3 Å². The molecular weight excluding hydrogens is 415 g/mol. The summed E-state index contributed by atoms with van der Waals surface area (Å²) in [5.74, 6) is 0.645. The third-order valence-corrected chi connectivity index (χ3v) is 6.42. The minimum Gasteiger partial charge on any atom is -0.492 e. The molecule has 3 rings (SSSR count). The van der Waals surface area contributed by atoms with Crippen LogP contribution in [-0.4, -0.2) is 38.3 Å². The van der Waals surface area contributed by atoms with Gasteiger partial charge < -0.3 is 18.4 Å². The van der Waals surface area contributed by atoms with Gasteiger partial charge in [-0.3, -0.25) is 4.57 Å². The number of imidazole rings is 1. The van der Waals surface area contributed by atoms with Gasteiger partial charge in [-0.2, -0.15) is 0 Å². The summed E-state index contributed by atoms with van der Waals surface area (Å²) in [7, 11) is -3.40. The van der Waals surface area contributed by atoms with E-state index in [1.54, 1.807) is 30.6 Å². The zero-order chi connectivity index (χ0) is 21.0. The average Bonchev–Trinajstić information content (AvgIpc) is 3.05. The molecule has 8 nitrogen and oxygen atoms in total. The highest BCUT2D eigenvalue weighted by Crippen LogP contribution is 2.49. The third-order valence-electron chi connectivity index (χ3n) is 3.81. The van der Waals surface area contributed by atoms with Gasteiger partial charge in [0.05, 0.1) is 30.4 Å². The molecule has 10 heteroatoms. The van der Waals surface area contributed by atoms with Gasteiger partial charge in [-0.25, -0.2) is 15.0 Å². The van der Waals surface area contributed by atoms with Gasteiger partial charge in [0.15, 0.2) is 10.8 Å². The first-order valence-corrected chi connectivity index (χ1v) is 11.2. The monoisotopic (exact) mass is 438 g/mol. The second-order valence-electron chi connectivity index (χ2n) is 6.92. The van der Waals surface area contributed by atoms with Gasteiger partial charge in [0.2, 0.25) is 0 Å². The quantitative estimate of drug-likeness (QED) is 0.365. The summed E-state index contributed by atoms with van der Waals surface area (Å²) in [6.45, 7) is 8.24. The van der Waals surface area contributed by atoms with Gasteiger partial charge in [0.1, 0.15) is 24.2 Å². The van der Waals surface area contributed by atoms with Crippen LogP contribution in [0.15, 0.2) is 36.9 Å². The predicted octanol–water partition coefficient (Wildman–Crippen LogP) is 4.23. The van der Waals surface area contributed by atoms with Crippen molar-refractivity contribution in [1.82, 2.24) is 19.5 Å². The van der Waals surface area contributed by atoms with Crippen LogP contribution < -0.4 is 10.0 Å². The summed E-state index contributed by atoms with van der Waals surface area (Å²) in [6, 6.07) is 6.92. The van der Waals surface area contributed by atoms with E-state index in [0.717, 1.165) is 0 Å². The topological polar surface area (TPSA) is 88.4 Å². The number of halogens is 1. The Hall–Kier alpha value is -1.99. The largest absolute Gasteiger partial charge is 0.492 e. The second-order valence-corrected chi connectivity index (χ2v) is 9.21. The Kier molecular flexibility index (Phi) is 6.90. The molecule has 0 aliphatic carbocycles. The van der Waals surface area contributed by atoms with Crippen LogP contribution in [0.2, 0.25) is 5.15 Å². The highest BCUT2D eigenvalue weighted by Gasteiger charge is 2.30. The fraction of sp³-hybridized carbons (Fsp3) is 0.421. The van der Waals surface area contributed by atoms with E-state index in [1.165, 1.54) is 6.33 Å². The first kappa shape index (κ1) is 21.7. The predicted molar refractivity (Wildman–Crippen MR) is 112 cm³/mol. The standard InChI is InChI=1S/C19H24ClN4O4P/c1-13(2)27-29(25,28-14(3)4)16-7-5-15(6-8-16)26-10-9-24-12-23-17-18(20)21-11-22-19(17)24/h5-8,11-14H,9-10H2,1-4H3. The van der Waals surface area contributed by atoms with Crippen molar-refractivity contribution in [3.8, 4) is 5.75 Å². The van der Waals surface area contributed by atoms with Crippen LogP contribution >= 0.6 is 19.2 Å². The van der Waals surface area contributed by atoms with Gasteiger partial charge in [-0.05, 0) is 52.0 Å². The molecule has 1 aromatic carbocycles. The molecule has 0 saturated heterocycles. The Morgan fingerprint density at radius 1 is 1.03 bits per heavy atom. The Morgan fingerprint density at radius 2 is 1.69 bits per heavy atom. The molecule has 0 atom stereocenters. The molecule has 0 saturated carbocycles. The van der Waals surface area contributed by atoms with Crippen molar-refractivity contribution >= 4 is 35.7 Å². The average molecular weight is 439 g/mol. The van der Waals surface area contributed by atoms with E-state index in [9.17, 15) is 4.57 Å². The fourth-order valence-electron chi connectivity index (χ4n) is 2.70. The van der Waals surface area contributed by atoms with Gasteiger partial charge in [-0.1, -0.05) is 11.6 Å². The first-order valence-electron chi connectivity index (χ1n) is 9.30. The molecule has 0 radical (unpaired) electrons. The van der Waals surface area contributed by atoms with Crippen molar-refractivity contribution in [2.45, 2.75) is 46.4 Å². The Labute approximate surface area is 174 Å². The van der Waals surface area contributed by atoms with Gasteiger partial charge in [-0.15, -0.1) is 0 Å². The number of ether oxygens (including phenoxy) is 1. The van der Waals surface area contributed by atoms with Crippen LogP contribution in [0, 0.1) is 0 Å². The maximum atomic E-state index is 13.2. The van der Waals surface area contributed by atoms with Crippen molar-refractivity contribution in [2.24, 2.45) is 0 Å². The van der Waals surface area contributed by atoms with E-state index in [2.05, 4.69) is 15.0 Å². The lowest BCUT2D eigenvalue weighted by Gasteiger charge is -2.23. The normalized spacial score (nSPS) is 12.2. The van der Waals surface area contributed by atoms with E-state index in [4.69, 9.17) is 25.4 Å². The van der Waals surface area contributed by atoms with Crippen LogP contribution in [0.1, 0.15) is 27.7 Å². The molecule has 156 valence electrons. The molecule has 0 amide bonds. The lowest BCUT2D eigenvalue weighted by molar-refractivity contribution is 0.150. The van der Waals surface area contributed by atoms with Crippen molar-refractivity contribution in [2.75, 3.05) is 6.61 Å². The summed E-state index contributed by atoms with van der Waals surface area (Å²) in [4.78, 5) is 12.3. The molecule has 0 aliphatic heterocycles.